The Hall–Kier alpha value is -0.760. The first-order valence-electron chi connectivity index (χ1n) is 10.9. The molecule has 0 heterocycles. The number of aliphatic hydroxyl groups excluding tert-OH is 1. The van der Waals surface area contributed by atoms with Crippen molar-refractivity contribution < 1.29 is 17.7 Å². The topological polar surface area (TPSA) is 67.8 Å². The number of nitrogens with one attached hydrogen (secondary N) is 1. The number of hydrogen-bond donors (Lipinski definition) is 2. The summed E-state index contributed by atoms with van der Waals surface area (Å²) in [6.07, 6.45) is 10.2. The van der Waals surface area contributed by atoms with Crippen LogP contribution in [0.3, 0.4) is 0 Å². The zero-order chi connectivity index (χ0) is 21.4. The second-order valence-corrected chi connectivity index (χ2v) is 13.2. The third-order valence-corrected chi connectivity index (χ3v) is 7.55. The summed E-state index contributed by atoms with van der Waals surface area (Å²) >= 11 is -1.16. The molecule has 6 heteroatoms. The predicted molar refractivity (Wildman–Crippen MR) is 127 cm³/mol. The first-order chi connectivity index (χ1) is 13.8. The van der Waals surface area contributed by atoms with Crippen molar-refractivity contribution in [2.24, 2.45) is 11.8 Å². The Labute approximate surface area is 184 Å². The molecule has 4 atom stereocenters. The van der Waals surface area contributed by atoms with Gasteiger partial charge < -0.3 is 10.4 Å². The number of ether oxygens (including phenoxy) is 1. The van der Waals surface area contributed by atoms with E-state index in [4.69, 9.17) is 7.80 Å². The number of alkyl halides is 2. The molecule has 29 heavy (non-hydrogen) atoms. The fraction of sp³-hybridized carbons (Fsp3) is 0.783. The van der Waals surface area contributed by atoms with E-state index >= 15 is 0 Å². The summed E-state index contributed by atoms with van der Waals surface area (Å²) in [5.74, 6) is 2.45. The van der Waals surface area contributed by atoms with E-state index in [-0.39, 0.29) is 11.9 Å². The van der Waals surface area contributed by atoms with Gasteiger partial charge in [0, 0.05) is 6.92 Å². The zero-order valence-corrected chi connectivity index (χ0v) is 21.0. The summed E-state index contributed by atoms with van der Waals surface area (Å²) in [5.41, 5.74) is 2.35. The first kappa shape index (κ1) is 24.5. The summed E-state index contributed by atoms with van der Waals surface area (Å²) in [5, 5.41) is 12.4. The van der Waals surface area contributed by atoms with Crippen molar-refractivity contribution in [2.75, 3.05) is 16.5 Å². The van der Waals surface area contributed by atoms with Crippen LogP contribution in [0.4, 0.5) is 0 Å². The van der Waals surface area contributed by atoms with Crippen molar-refractivity contribution in [3.8, 4) is 0 Å². The molecule has 2 aliphatic rings. The fourth-order valence-corrected chi connectivity index (χ4v) is 6.23. The van der Waals surface area contributed by atoms with Gasteiger partial charge in [-0.3, -0.25) is 4.79 Å². The molecule has 0 saturated heterocycles. The van der Waals surface area contributed by atoms with Crippen molar-refractivity contribution in [3.63, 3.8) is 0 Å². The van der Waals surface area contributed by atoms with Crippen LogP contribution in [0.5, 0.6) is 0 Å². The normalized spacial score (nSPS) is 27.0. The van der Waals surface area contributed by atoms with Crippen LogP contribution in [0.15, 0.2) is 23.2 Å². The van der Waals surface area contributed by atoms with Crippen LogP contribution in [-0.2, 0) is 12.6 Å². The number of halogens is 1. The van der Waals surface area contributed by atoms with Crippen molar-refractivity contribution in [1.82, 2.24) is 5.32 Å². The van der Waals surface area contributed by atoms with Crippen LogP contribution in [0.1, 0.15) is 72.1 Å². The summed E-state index contributed by atoms with van der Waals surface area (Å²) in [6, 6.07) is -0.118. The Morgan fingerprint density at radius 3 is 2.69 bits per heavy atom. The standard InChI is InChI=1S/C23H40INO4/c1-16-12-19(7-9-23(16)29-24(4)5)10-11-28-22-8-6-20(14-22)13-21(15-26)17(2)25-18(3)27/h15,17,19-20,22,26H,6-14H2,1-5H3,(H,25,27)/b21-15+/t17-,19?,20?,22+/m0/s1. The number of carbonyl (C=O) groups is 1. The monoisotopic (exact) mass is 521 g/mol. The van der Waals surface area contributed by atoms with E-state index < -0.39 is 20.2 Å². The molecule has 0 aliphatic heterocycles. The van der Waals surface area contributed by atoms with Gasteiger partial charge in [0.25, 0.3) is 0 Å². The Morgan fingerprint density at radius 2 is 2.07 bits per heavy atom. The SMILES string of the molecule is CC(=O)N[C@@H](C)/C(=C/O)CC1CC[C@@H](OCCC2CCC(OI(C)C)=C(C)C2)C1. The van der Waals surface area contributed by atoms with E-state index in [0.29, 0.717) is 12.0 Å². The van der Waals surface area contributed by atoms with Gasteiger partial charge in [0.2, 0.25) is 5.91 Å². The molecule has 2 rings (SSSR count). The van der Waals surface area contributed by atoms with Crippen LogP contribution < -0.4 is 5.32 Å². The third-order valence-electron chi connectivity index (χ3n) is 6.14. The molecule has 0 bridgehead atoms. The Morgan fingerprint density at radius 1 is 1.31 bits per heavy atom. The van der Waals surface area contributed by atoms with Crippen LogP contribution in [0.2, 0.25) is 0 Å². The van der Waals surface area contributed by atoms with E-state index in [1.807, 2.05) is 6.92 Å². The van der Waals surface area contributed by atoms with Crippen LogP contribution in [0.25, 0.3) is 0 Å². The Balaban J connectivity index is 1.68. The molecule has 2 N–H and O–H groups in total. The van der Waals surface area contributed by atoms with E-state index in [1.54, 1.807) is 0 Å². The minimum absolute atomic E-state index is 0.0671. The molecule has 0 aromatic carbocycles. The molecule has 1 saturated carbocycles. The summed E-state index contributed by atoms with van der Waals surface area (Å²) in [4.78, 5) is 15.7. The quantitative estimate of drug-likeness (QED) is 0.220. The second kappa shape index (κ2) is 12.2. The zero-order valence-electron chi connectivity index (χ0n) is 18.8. The summed E-state index contributed by atoms with van der Waals surface area (Å²) < 4.78 is 12.3. The minimum atomic E-state index is -1.16. The Kier molecular flexibility index (Phi) is 10.3. The third kappa shape index (κ3) is 8.48. The molecule has 168 valence electrons. The summed E-state index contributed by atoms with van der Waals surface area (Å²) in [7, 11) is 0. The van der Waals surface area contributed by atoms with Gasteiger partial charge >= 0.3 is 132 Å². The van der Waals surface area contributed by atoms with Crippen molar-refractivity contribution in [2.45, 2.75) is 84.3 Å². The van der Waals surface area contributed by atoms with Crippen molar-refractivity contribution in [1.29, 1.82) is 0 Å². The molecule has 1 amide bonds. The average molecular weight is 521 g/mol. The van der Waals surface area contributed by atoms with Crippen molar-refractivity contribution in [3.05, 3.63) is 23.2 Å². The second-order valence-electron chi connectivity index (χ2n) is 8.87. The number of rotatable bonds is 10. The van der Waals surface area contributed by atoms with E-state index in [9.17, 15) is 9.90 Å². The number of carbonyl (C=O) groups excluding carboxylic acids is 1. The molecular formula is C23H40INO4. The van der Waals surface area contributed by atoms with Gasteiger partial charge in [-0.2, -0.15) is 0 Å². The number of aliphatic hydroxyl groups is 1. The molecule has 5 nitrogen and oxygen atoms in total. The average Bonchev–Trinajstić information content (AvgIpc) is 3.08. The van der Waals surface area contributed by atoms with Crippen molar-refractivity contribution >= 4 is 26.1 Å². The van der Waals surface area contributed by atoms with Gasteiger partial charge in [0.05, 0.1) is 12.3 Å². The van der Waals surface area contributed by atoms with Gasteiger partial charge in [-0.15, -0.1) is 0 Å². The molecule has 0 radical (unpaired) electrons. The van der Waals surface area contributed by atoms with E-state index in [1.165, 1.54) is 30.9 Å². The number of hydrogen-bond acceptors (Lipinski definition) is 4. The Bertz CT molecular complexity index is 602. The van der Waals surface area contributed by atoms with Crippen LogP contribution in [-0.4, -0.2) is 39.6 Å². The van der Waals surface area contributed by atoms with Crippen LogP contribution >= 0.6 is 20.2 Å². The van der Waals surface area contributed by atoms with Gasteiger partial charge in [0.15, 0.2) is 0 Å². The molecule has 0 aromatic heterocycles. The number of allylic oxidation sites excluding steroid dienone is 2. The maximum absolute atomic E-state index is 11.2. The first-order valence-corrected chi connectivity index (χ1v) is 16.1. The number of amides is 1. The molecule has 1 fully saturated rings. The van der Waals surface area contributed by atoms with Gasteiger partial charge in [-0.1, -0.05) is 0 Å². The molecular weight excluding hydrogens is 481 g/mol. The van der Waals surface area contributed by atoms with E-state index in [0.717, 1.165) is 63.0 Å². The summed E-state index contributed by atoms with van der Waals surface area (Å²) in [6.45, 7) is 6.51. The molecule has 2 aliphatic carbocycles. The molecule has 2 unspecified atom stereocenters. The fourth-order valence-electron chi connectivity index (χ4n) is 4.57. The van der Waals surface area contributed by atoms with E-state index in [2.05, 4.69) is 22.1 Å². The predicted octanol–water partition coefficient (Wildman–Crippen LogP) is 5.69. The van der Waals surface area contributed by atoms with Crippen LogP contribution in [0, 0.1) is 11.8 Å². The molecule has 0 aromatic rings. The van der Waals surface area contributed by atoms with Gasteiger partial charge in [0.1, 0.15) is 0 Å². The van der Waals surface area contributed by atoms with Gasteiger partial charge in [-0.25, -0.2) is 0 Å². The van der Waals surface area contributed by atoms with Gasteiger partial charge in [-0.05, 0) is 12.5 Å². The molecule has 0 spiro atoms. The maximum atomic E-state index is 11.2.